The summed E-state index contributed by atoms with van der Waals surface area (Å²) in [5.74, 6) is 1.13. The van der Waals surface area contributed by atoms with Gasteiger partial charge < -0.3 is 4.57 Å². The molecule has 0 radical (unpaired) electrons. The van der Waals surface area contributed by atoms with E-state index in [1.807, 2.05) is 19.4 Å². The van der Waals surface area contributed by atoms with Crippen LogP contribution < -0.4 is 0 Å². The van der Waals surface area contributed by atoms with Gasteiger partial charge in [-0.15, -0.1) is 0 Å². The third-order valence-corrected chi connectivity index (χ3v) is 2.71. The normalized spacial score (nSPS) is 10.8. The summed E-state index contributed by atoms with van der Waals surface area (Å²) in [6, 6.07) is 8.48. The molecule has 0 unspecified atom stereocenters. The second-order valence-electron chi connectivity index (χ2n) is 5.77. The van der Waals surface area contributed by atoms with Crippen LogP contribution in [-0.4, -0.2) is 9.55 Å². The van der Waals surface area contributed by atoms with E-state index in [-0.39, 0.29) is 5.41 Å². The van der Waals surface area contributed by atoms with E-state index in [1.54, 1.807) is 0 Å². The highest BCUT2D eigenvalue weighted by Gasteiger charge is 2.17. The minimum atomic E-state index is 0.165. The molecular formula is C16H24N2. The Labute approximate surface area is 111 Å². The van der Waals surface area contributed by atoms with E-state index in [9.17, 15) is 0 Å². The lowest BCUT2D eigenvalue weighted by Gasteiger charge is -2.17. The molecule has 0 bridgehead atoms. The Bertz CT molecular complexity index is 452. The first-order valence-corrected chi connectivity index (χ1v) is 6.32. The molecule has 2 rings (SSSR count). The molecule has 0 saturated heterocycles. The molecule has 0 spiro atoms. The summed E-state index contributed by atoms with van der Waals surface area (Å²) < 4.78 is 2.06. The summed E-state index contributed by atoms with van der Waals surface area (Å²) in [6.07, 6.45) is 3.81. The predicted molar refractivity (Wildman–Crippen MR) is 77.8 cm³/mol. The zero-order valence-electron chi connectivity index (χ0n) is 12.4. The van der Waals surface area contributed by atoms with Crippen LogP contribution in [0, 0.1) is 13.8 Å². The summed E-state index contributed by atoms with van der Waals surface area (Å²) in [5, 5.41) is 0. The molecule has 18 heavy (non-hydrogen) atoms. The number of imidazole rings is 1. The molecule has 0 N–H and O–H groups in total. The van der Waals surface area contributed by atoms with Crippen LogP contribution in [0.15, 0.2) is 36.7 Å². The van der Waals surface area contributed by atoms with Crippen LogP contribution in [0.2, 0.25) is 0 Å². The van der Waals surface area contributed by atoms with Gasteiger partial charge in [0.2, 0.25) is 0 Å². The summed E-state index contributed by atoms with van der Waals surface area (Å²) in [7, 11) is 2.02. The van der Waals surface area contributed by atoms with Crippen LogP contribution in [0.3, 0.4) is 0 Å². The molecule has 1 aromatic heterocycles. The maximum absolute atomic E-state index is 4.25. The third kappa shape index (κ3) is 4.36. The standard InChI is InChI=1S/C8H14N2.C8H10/c1-8(2,3)7-9-5-6-10(7)4;1-7-3-5-8(2)6-4-7/h5-6H,1-4H3;3-6H,1-2H3. The summed E-state index contributed by atoms with van der Waals surface area (Å²) in [6.45, 7) is 10.7. The van der Waals surface area contributed by atoms with Crippen molar-refractivity contribution in [1.82, 2.24) is 9.55 Å². The van der Waals surface area contributed by atoms with Gasteiger partial charge in [0.15, 0.2) is 0 Å². The average Bonchev–Trinajstić information content (AvgIpc) is 2.69. The highest BCUT2D eigenvalue weighted by atomic mass is 15.0. The smallest absolute Gasteiger partial charge is 0.113 e. The largest absolute Gasteiger partial charge is 0.338 e. The van der Waals surface area contributed by atoms with Crippen molar-refractivity contribution in [3.05, 3.63) is 53.6 Å². The Morgan fingerprint density at radius 3 is 1.61 bits per heavy atom. The fourth-order valence-corrected chi connectivity index (χ4v) is 1.73. The van der Waals surface area contributed by atoms with E-state index in [4.69, 9.17) is 0 Å². The van der Waals surface area contributed by atoms with Crippen molar-refractivity contribution in [3.8, 4) is 0 Å². The number of rotatable bonds is 0. The number of benzene rings is 1. The van der Waals surface area contributed by atoms with E-state index in [1.165, 1.54) is 11.1 Å². The summed E-state index contributed by atoms with van der Waals surface area (Å²) >= 11 is 0. The molecule has 2 nitrogen and oxygen atoms in total. The molecule has 2 aromatic rings. The van der Waals surface area contributed by atoms with E-state index >= 15 is 0 Å². The highest BCUT2D eigenvalue weighted by molar-refractivity contribution is 5.19. The van der Waals surface area contributed by atoms with Crippen molar-refractivity contribution in [2.75, 3.05) is 0 Å². The van der Waals surface area contributed by atoms with Gasteiger partial charge in [0, 0.05) is 24.9 Å². The number of hydrogen-bond donors (Lipinski definition) is 0. The van der Waals surface area contributed by atoms with Crippen LogP contribution in [-0.2, 0) is 12.5 Å². The van der Waals surface area contributed by atoms with Crippen molar-refractivity contribution in [3.63, 3.8) is 0 Å². The van der Waals surface area contributed by atoms with Gasteiger partial charge in [0.1, 0.15) is 5.82 Å². The van der Waals surface area contributed by atoms with Gasteiger partial charge in [-0.25, -0.2) is 4.98 Å². The van der Waals surface area contributed by atoms with Crippen molar-refractivity contribution in [1.29, 1.82) is 0 Å². The zero-order valence-corrected chi connectivity index (χ0v) is 12.4. The first-order chi connectivity index (χ1) is 8.30. The molecule has 0 atom stereocenters. The quantitative estimate of drug-likeness (QED) is 0.684. The molecule has 0 aliphatic carbocycles. The predicted octanol–water partition coefficient (Wildman–Crippen LogP) is 4.02. The Kier molecular flexibility index (Phi) is 4.71. The third-order valence-electron chi connectivity index (χ3n) is 2.71. The fourth-order valence-electron chi connectivity index (χ4n) is 1.73. The molecule has 0 aliphatic heterocycles. The van der Waals surface area contributed by atoms with Gasteiger partial charge in [0.05, 0.1) is 0 Å². The lowest BCUT2D eigenvalue weighted by Crippen LogP contribution is -2.16. The molecular weight excluding hydrogens is 220 g/mol. The molecule has 0 amide bonds. The molecule has 0 fully saturated rings. The molecule has 0 saturated carbocycles. The maximum Gasteiger partial charge on any atom is 0.113 e. The second kappa shape index (κ2) is 5.85. The van der Waals surface area contributed by atoms with Crippen molar-refractivity contribution >= 4 is 0 Å². The van der Waals surface area contributed by atoms with E-state index in [0.29, 0.717) is 0 Å². The van der Waals surface area contributed by atoms with Crippen molar-refractivity contribution < 1.29 is 0 Å². The van der Waals surface area contributed by atoms with Gasteiger partial charge in [-0.1, -0.05) is 56.2 Å². The number of nitrogens with zero attached hydrogens (tertiary/aromatic N) is 2. The van der Waals surface area contributed by atoms with Crippen molar-refractivity contribution in [2.24, 2.45) is 7.05 Å². The number of hydrogen-bond acceptors (Lipinski definition) is 1. The van der Waals surface area contributed by atoms with Gasteiger partial charge in [-0.3, -0.25) is 0 Å². The Morgan fingerprint density at radius 1 is 0.944 bits per heavy atom. The first-order valence-electron chi connectivity index (χ1n) is 6.32. The van der Waals surface area contributed by atoms with Gasteiger partial charge in [0.25, 0.3) is 0 Å². The Balaban J connectivity index is 0.000000184. The van der Waals surface area contributed by atoms with E-state index < -0.39 is 0 Å². The molecule has 1 heterocycles. The van der Waals surface area contributed by atoms with Crippen LogP contribution >= 0.6 is 0 Å². The monoisotopic (exact) mass is 244 g/mol. The summed E-state index contributed by atoms with van der Waals surface area (Å²) in [4.78, 5) is 4.25. The van der Waals surface area contributed by atoms with Gasteiger partial charge in [-0.2, -0.15) is 0 Å². The molecule has 2 heteroatoms. The highest BCUT2D eigenvalue weighted by Crippen LogP contribution is 2.18. The molecule has 0 aliphatic rings. The van der Waals surface area contributed by atoms with Crippen LogP contribution in [0.1, 0.15) is 37.7 Å². The second-order valence-corrected chi connectivity index (χ2v) is 5.77. The first kappa shape index (κ1) is 14.5. The minimum absolute atomic E-state index is 0.165. The van der Waals surface area contributed by atoms with E-state index in [0.717, 1.165) is 5.82 Å². The average molecular weight is 244 g/mol. The number of aryl methyl sites for hydroxylation is 3. The van der Waals surface area contributed by atoms with Gasteiger partial charge in [-0.05, 0) is 13.8 Å². The van der Waals surface area contributed by atoms with Crippen LogP contribution in [0.5, 0.6) is 0 Å². The fraction of sp³-hybridized carbons (Fsp3) is 0.438. The summed E-state index contributed by atoms with van der Waals surface area (Å²) in [5.41, 5.74) is 2.82. The molecule has 98 valence electrons. The number of aromatic nitrogens is 2. The minimum Gasteiger partial charge on any atom is -0.338 e. The lowest BCUT2D eigenvalue weighted by molar-refractivity contribution is 0.522. The molecule has 1 aromatic carbocycles. The SMILES string of the molecule is Cc1ccc(C)cc1.Cn1ccnc1C(C)(C)C. The lowest BCUT2D eigenvalue weighted by atomic mass is 9.96. The maximum atomic E-state index is 4.25. The van der Waals surface area contributed by atoms with Crippen LogP contribution in [0.25, 0.3) is 0 Å². The zero-order chi connectivity index (χ0) is 13.8. The van der Waals surface area contributed by atoms with Crippen LogP contribution in [0.4, 0.5) is 0 Å². The van der Waals surface area contributed by atoms with Crippen molar-refractivity contribution in [2.45, 2.75) is 40.0 Å². The van der Waals surface area contributed by atoms with E-state index in [2.05, 4.69) is 68.4 Å². The Hall–Kier alpha value is -1.57. The van der Waals surface area contributed by atoms with Gasteiger partial charge >= 0.3 is 0 Å². The Morgan fingerprint density at radius 2 is 1.39 bits per heavy atom. The topological polar surface area (TPSA) is 17.8 Å².